The van der Waals surface area contributed by atoms with Crippen LogP contribution in [0.15, 0.2) is 60.7 Å². The lowest BCUT2D eigenvalue weighted by molar-refractivity contribution is -0.204. The summed E-state index contributed by atoms with van der Waals surface area (Å²) >= 11 is 0. The molecule has 0 aromatic heterocycles. The molecule has 3 rings (SSSR count). The molecule has 1 unspecified atom stereocenters. The van der Waals surface area contributed by atoms with Crippen molar-refractivity contribution < 1.29 is 27.6 Å². The molecule has 2 N–H and O–H groups in total. The second kappa shape index (κ2) is 8.56. The van der Waals surface area contributed by atoms with Crippen molar-refractivity contribution in [2.75, 3.05) is 6.54 Å². The minimum absolute atomic E-state index is 0.190. The maximum absolute atomic E-state index is 13.8. The summed E-state index contributed by atoms with van der Waals surface area (Å²) in [6, 6.07) is 16.3. The fourth-order valence-electron chi connectivity index (χ4n) is 3.19. The van der Waals surface area contributed by atoms with Crippen LogP contribution in [0.2, 0.25) is 0 Å². The molecule has 1 aliphatic rings. The number of nitrogens with zero attached hydrogens (tertiary/aromatic N) is 1. The Labute approximate surface area is 171 Å². The van der Waals surface area contributed by atoms with Crippen molar-refractivity contribution in [2.45, 2.75) is 31.1 Å². The first-order valence-electron chi connectivity index (χ1n) is 9.32. The number of alkyl halides is 3. The van der Waals surface area contributed by atoms with E-state index < -0.39 is 29.7 Å². The summed E-state index contributed by atoms with van der Waals surface area (Å²) in [5, 5.41) is 3.38. The number of rotatable bonds is 7. The second-order valence-electron chi connectivity index (χ2n) is 6.90. The number of halogens is 3. The van der Waals surface area contributed by atoms with E-state index >= 15 is 0 Å². The number of hydrogen-bond donors (Lipinski definition) is 2. The number of urea groups is 1. The van der Waals surface area contributed by atoms with Gasteiger partial charge in [-0.15, -0.1) is 0 Å². The lowest BCUT2D eigenvalue weighted by Gasteiger charge is -2.30. The normalized spacial score (nSPS) is 19.0. The Morgan fingerprint density at radius 3 is 2.00 bits per heavy atom. The smallest absolute Gasteiger partial charge is 0.318 e. The topological polar surface area (TPSA) is 78.5 Å². The zero-order chi connectivity index (χ0) is 21.8. The van der Waals surface area contributed by atoms with Gasteiger partial charge in [0.05, 0.1) is 0 Å². The van der Waals surface area contributed by atoms with E-state index in [4.69, 9.17) is 0 Å². The van der Waals surface area contributed by atoms with E-state index in [1.807, 2.05) is 0 Å². The van der Waals surface area contributed by atoms with Gasteiger partial charge in [-0.05, 0) is 24.0 Å². The van der Waals surface area contributed by atoms with Crippen LogP contribution in [0.25, 0.3) is 0 Å². The van der Waals surface area contributed by atoms with Crippen LogP contribution in [0.1, 0.15) is 17.5 Å². The third-order valence-electron chi connectivity index (χ3n) is 4.81. The van der Waals surface area contributed by atoms with Crippen molar-refractivity contribution >= 4 is 17.8 Å². The van der Waals surface area contributed by atoms with Crippen LogP contribution in [-0.2, 0) is 22.4 Å². The van der Waals surface area contributed by atoms with E-state index in [0.717, 1.165) is 11.1 Å². The third-order valence-corrected chi connectivity index (χ3v) is 4.81. The van der Waals surface area contributed by atoms with E-state index in [1.54, 1.807) is 71.3 Å². The van der Waals surface area contributed by atoms with Crippen LogP contribution in [0.5, 0.6) is 0 Å². The molecule has 30 heavy (non-hydrogen) atoms. The van der Waals surface area contributed by atoms with Gasteiger partial charge in [0.15, 0.2) is 0 Å². The maximum atomic E-state index is 13.8. The van der Waals surface area contributed by atoms with Crippen LogP contribution in [0.3, 0.4) is 0 Å². The zero-order valence-corrected chi connectivity index (χ0v) is 15.9. The minimum Gasteiger partial charge on any atom is -0.318 e. The summed E-state index contributed by atoms with van der Waals surface area (Å²) in [7, 11) is 0. The zero-order valence-electron chi connectivity index (χ0n) is 15.9. The lowest BCUT2D eigenvalue weighted by atomic mass is 10.1. The second-order valence-corrected chi connectivity index (χ2v) is 6.90. The molecule has 0 radical (unpaired) electrons. The fourth-order valence-corrected chi connectivity index (χ4v) is 3.19. The van der Waals surface area contributed by atoms with Crippen LogP contribution in [0, 0.1) is 0 Å². The number of imide groups is 1. The van der Waals surface area contributed by atoms with Gasteiger partial charge in [-0.3, -0.25) is 19.8 Å². The standard InChI is InChI=1S/C21H20F3N3O3/c22-21(23,24)20(25-17(28)12-11-15-7-3-1-4-8-15)18(29)27(19(30)26-20)14-13-16-9-5-2-6-10-16/h1-10H,11-14H2,(H,25,28)(H,26,30). The van der Waals surface area contributed by atoms with E-state index in [-0.39, 0.29) is 25.8 Å². The molecule has 6 nitrogen and oxygen atoms in total. The van der Waals surface area contributed by atoms with Gasteiger partial charge in [0.1, 0.15) is 0 Å². The molecule has 9 heteroatoms. The van der Waals surface area contributed by atoms with Gasteiger partial charge in [-0.1, -0.05) is 60.7 Å². The van der Waals surface area contributed by atoms with Gasteiger partial charge in [0, 0.05) is 13.0 Å². The van der Waals surface area contributed by atoms with Crippen molar-refractivity contribution in [1.29, 1.82) is 0 Å². The quantitative estimate of drug-likeness (QED) is 0.678. The highest BCUT2D eigenvalue weighted by Crippen LogP contribution is 2.34. The number of carbonyl (C=O) groups excluding carboxylic acids is 3. The number of carbonyl (C=O) groups is 3. The highest BCUT2D eigenvalue weighted by Gasteiger charge is 2.68. The highest BCUT2D eigenvalue weighted by molar-refractivity contribution is 6.08. The summed E-state index contributed by atoms with van der Waals surface area (Å²) in [4.78, 5) is 37.5. The summed E-state index contributed by atoms with van der Waals surface area (Å²) in [6.07, 6.45) is -5.09. The van der Waals surface area contributed by atoms with Gasteiger partial charge in [0.25, 0.3) is 11.6 Å². The monoisotopic (exact) mass is 419 g/mol. The molecule has 0 saturated carbocycles. The molecule has 2 aromatic rings. The van der Waals surface area contributed by atoms with Crippen molar-refractivity contribution in [1.82, 2.24) is 15.5 Å². The molecule has 1 aliphatic heterocycles. The average molecular weight is 419 g/mol. The van der Waals surface area contributed by atoms with Crippen LogP contribution >= 0.6 is 0 Å². The Kier molecular flexibility index (Phi) is 6.09. The highest BCUT2D eigenvalue weighted by atomic mass is 19.4. The Balaban J connectivity index is 1.71. The molecule has 0 spiro atoms. The first kappa shape index (κ1) is 21.4. The number of aryl methyl sites for hydroxylation is 1. The summed E-state index contributed by atoms with van der Waals surface area (Å²) in [6.45, 7) is -0.244. The molecular weight excluding hydrogens is 399 g/mol. The van der Waals surface area contributed by atoms with Gasteiger partial charge in [-0.2, -0.15) is 13.2 Å². The molecule has 4 amide bonds. The van der Waals surface area contributed by atoms with Gasteiger partial charge in [0.2, 0.25) is 5.91 Å². The molecule has 1 fully saturated rings. The predicted molar refractivity (Wildman–Crippen MR) is 102 cm³/mol. The SMILES string of the molecule is O=C(CCc1ccccc1)NC1(C(F)(F)F)NC(=O)N(CCc2ccccc2)C1=O. The van der Waals surface area contributed by atoms with E-state index in [2.05, 4.69) is 0 Å². The van der Waals surface area contributed by atoms with Crippen LogP contribution in [-0.4, -0.2) is 41.1 Å². The van der Waals surface area contributed by atoms with E-state index in [9.17, 15) is 27.6 Å². The molecule has 0 bridgehead atoms. The summed E-state index contributed by atoms with van der Waals surface area (Å²) in [5.41, 5.74) is -1.94. The van der Waals surface area contributed by atoms with Gasteiger partial charge < -0.3 is 5.32 Å². The molecule has 158 valence electrons. The average Bonchev–Trinajstić information content (AvgIpc) is 2.96. The molecular formula is C21H20F3N3O3. The Morgan fingerprint density at radius 2 is 1.47 bits per heavy atom. The van der Waals surface area contributed by atoms with Crippen molar-refractivity contribution in [3.8, 4) is 0 Å². The number of hydrogen-bond acceptors (Lipinski definition) is 3. The molecule has 0 aliphatic carbocycles. The van der Waals surface area contributed by atoms with Crippen molar-refractivity contribution in [3.63, 3.8) is 0 Å². The molecule has 1 heterocycles. The fraction of sp³-hybridized carbons (Fsp3) is 0.286. The molecule has 1 saturated heterocycles. The maximum Gasteiger partial charge on any atom is 0.440 e. The van der Waals surface area contributed by atoms with Crippen LogP contribution in [0.4, 0.5) is 18.0 Å². The predicted octanol–water partition coefficient (Wildman–Crippen LogP) is 2.79. The van der Waals surface area contributed by atoms with Gasteiger partial charge >= 0.3 is 12.2 Å². The first-order valence-corrected chi connectivity index (χ1v) is 9.32. The van der Waals surface area contributed by atoms with E-state index in [0.29, 0.717) is 4.90 Å². The minimum atomic E-state index is -5.20. The lowest BCUT2D eigenvalue weighted by Crippen LogP contribution is -2.69. The summed E-state index contributed by atoms with van der Waals surface area (Å²) in [5.74, 6) is -2.53. The summed E-state index contributed by atoms with van der Waals surface area (Å²) < 4.78 is 41.5. The van der Waals surface area contributed by atoms with Crippen molar-refractivity contribution in [2.24, 2.45) is 0 Å². The Hall–Kier alpha value is -3.36. The molecule has 2 aromatic carbocycles. The largest absolute Gasteiger partial charge is 0.440 e. The third kappa shape index (κ3) is 4.45. The van der Waals surface area contributed by atoms with Crippen molar-refractivity contribution in [3.05, 3.63) is 71.8 Å². The first-order chi connectivity index (χ1) is 14.2. The Bertz CT molecular complexity index is 919. The number of amides is 4. The number of nitrogens with one attached hydrogen (secondary N) is 2. The molecule has 1 atom stereocenters. The van der Waals surface area contributed by atoms with Crippen LogP contribution < -0.4 is 10.6 Å². The van der Waals surface area contributed by atoms with E-state index in [1.165, 1.54) is 0 Å². The van der Waals surface area contributed by atoms with Gasteiger partial charge in [-0.25, -0.2) is 4.79 Å². The number of benzene rings is 2. The Morgan fingerprint density at radius 1 is 0.933 bits per heavy atom.